The number of carbonyl (C=O) groups is 1. The summed E-state index contributed by atoms with van der Waals surface area (Å²) in [5.41, 5.74) is 3.61. The van der Waals surface area contributed by atoms with Crippen LogP contribution in [-0.2, 0) is 17.6 Å². The molecule has 5 heteroatoms. The summed E-state index contributed by atoms with van der Waals surface area (Å²) in [4.78, 5) is 17.2. The lowest BCUT2D eigenvalue weighted by Gasteiger charge is -2.15. The van der Waals surface area contributed by atoms with Gasteiger partial charge in [0.2, 0.25) is 5.91 Å². The molecule has 1 amide bonds. The van der Waals surface area contributed by atoms with Crippen LogP contribution in [0, 0.1) is 11.3 Å². The van der Waals surface area contributed by atoms with E-state index in [-0.39, 0.29) is 11.2 Å². The second-order valence-electron chi connectivity index (χ2n) is 5.78. The molecule has 1 heterocycles. The minimum Gasteiger partial charge on any atom is -0.325 e. The van der Waals surface area contributed by atoms with Gasteiger partial charge in [-0.05, 0) is 49.4 Å². The van der Waals surface area contributed by atoms with E-state index in [2.05, 4.69) is 16.4 Å². The summed E-state index contributed by atoms with van der Waals surface area (Å²) in [5.74, 6) is -0.0557. The van der Waals surface area contributed by atoms with Gasteiger partial charge in [-0.15, -0.1) is 0 Å². The number of hydrogen-bond donors (Lipinski definition) is 1. The normalized spacial score (nSPS) is 13.8. The van der Waals surface area contributed by atoms with Crippen molar-refractivity contribution < 1.29 is 4.79 Å². The predicted octanol–water partition coefficient (Wildman–Crippen LogP) is 3.95. The number of fused-ring (bicyclic) bond motifs is 1. The lowest BCUT2D eigenvalue weighted by molar-refractivity contribution is -0.115. The number of benzene rings is 1. The van der Waals surface area contributed by atoms with E-state index in [1.165, 1.54) is 17.3 Å². The van der Waals surface area contributed by atoms with Crippen molar-refractivity contribution in [2.45, 2.75) is 42.9 Å². The standard InChI is InChI=1S/C19H19N3OS/c1-2-17(18(23)21-15-8-4-3-5-9-15)24-19-14(12-20)11-13-7-6-10-16(13)22-19/h3-5,8-9,11,17H,2,6-7,10H2,1H3,(H,21,23). The number of aryl methyl sites for hydroxylation is 2. The first-order valence-electron chi connectivity index (χ1n) is 8.16. The fraction of sp³-hybridized carbons (Fsp3) is 0.316. The van der Waals surface area contributed by atoms with Crippen LogP contribution in [-0.4, -0.2) is 16.1 Å². The SMILES string of the molecule is CCC(Sc1nc2c(cc1C#N)CCC2)C(=O)Nc1ccccc1. The molecule has 0 saturated carbocycles. The number of carbonyl (C=O) groups excluding carboxylic acids is 1. The minimum atomic E-state index is -0.274. The molecule has 4 nitrogen and oxygen atoms in total. The van der Waals surface area contributed by atoms with Gasteiger partial charge in [-0.25, -0.2) is 4.98 Å². The molecule has 0 saturated heterocycles. The molecular formula is C19H19N3OS. The van der Waals surface area contributed by atoms with Crippen LogP contribution in [0.2, 0.25) is 0 Å². The van der Waals surface area contributed by atoms with Crippen LogP contribution in [0.15, 0.2) is 41.4 Å². The molecule has 0 radical (unpaired) electrons. The second-order valence-corrected chi connectivity index (χ2v) is 6.97. The van der Waals surface area contributed by atoms with E-state index in [9.17, 15) is 10.1 Å². The van der Waals surface area contributed by atoms with E-state index >= 15 is 0 Å². The number of amides is 1. The number of nitriles is 1. The first-order valence-corrected chi connectivity index (χ1v) is 9.04. The van der Waals surface area contributed by atoms with Crippen molar-refractivity contribution in [1.29, 1.82) is 5.26 Å². The van der Waals surface area contributed by atoms with Gasteiger partial charge in [0.15, 0.2) is 0 Å². The Bertz CT molecular complexity index is 783. The lowest BCUT2D eigenvalue weighted by Crippen LogP contribution is -2.24. The van der Waals surface area contributed by atoms with E-state index in [1.54, 1.807) is 0 Å². The highest BCUT2D eigenvalue weighted by molar-refractivity contribution is 8.00. The first kappa shape index (κ1) is 16.5. The number of thioether (sulfide) groups is 1. The zero-order chi connectivity index (χ0) is 16.9. The Labute approximate surface area is 146 Å². The Hall–Kier alpha value is -2.32. The molecule has 1 unspecified atom stereocenters. The van der Waals surface area contributed by atoms with Crippen molar-refractivity contribution in [2.24, 2.45) is 0 Å². The number of nitrogens with one attached hydrogen (secondary N) is 1. The van der Waals surface area contributed by atoms with Gasteiger partial charge in [0, 0.05) is 11.4 Å². The third-order valence-electron chi connectivity index (χ3n) is 4.09. The number of pyridine rings is 1. The zero-order valence-corrected chi connectivity index (χ0v) is 14.4. The number of hydrogen-bond acceptors (Lipinski definition) is 4. The van der Waals surface area contributed by atoms with Gasteiger partial charge in [0.05, 0.1) is 10.8 Å². The maximum Gasteiger partial charge on any atom is 0.237 e. The van der Waals surface area contributed by atoms with Crippen molar-refractivity contribution in [2.75, 3.05) is 5.32 Å². The van der Waals surface area contributed by atoms with Gasteiger partial charge in [0.1, 0.15) is 11.1 Å². The molecule has 3 rings (SSSR count). The number of rotatable bonds is 5. The minimum absolute atomic E-state index is 0.0557. The highest BCUT2D eigenvalue weighted by atomic mass is 32.2. The van der Waals surface area contributed by atoms with Crippen LogP contribution in [0.3, 0.4) is 0 Å². The molecule has 0 bridgehead atoms. The maximum absolute atomic E-state index is 12.5. The molecule has 24 heavy (non-hydrogen) atoms. The Morgan fingerprint density at radius 2 is 2.17 bits per heavy atom. The monoisotopic (exact) mass is 337 g/mol. The van der Waals surface area contributed by atoms with Crippen LogP contribution in [0.5, 0.6) is 0 Å². The molecule has 0 fully saturated rings. The van der Waals surface area contributed by atoms with Crippen molar-refractivity contribution in [3.8, 4) is 6.07 Å². The number of aromatic nitrogens is 1. The quantitative estimate of drug-likeness (QED) is 0.839. The van der Waals surface area contributed by atoms with E-state index in [0.29, 0.717) is 17.0 Å². The number of para-hydroxylation sites is 1. The maximum atomic E-state index is 12.5. The molecule has 122 valence electrons. The van der Waals surface area contributed by atoms with Crippen molar-refractivity contribution in [3.05, 3.63) is 53.2 Å². The highest BCUT2D eigenvalue weighted by Gasteiger charge is 2.23. The Morgan fingerprint density at radius 3 is 2.88 bits per heavy atom. The molecule has 1 aromatic heterocycles. The van der Waals surface area contributed by atoms with Gasteiger partial charge >= 0.3 is 0 Å². The summed E-state index contributed by atoms with van der Waals surface area (Å²) in [7, 11) is 0. The van der Waals surface area contributed by atoms with Crippen LogP contribution in [0.1, 0.15) is 36.6 Å². The lowest BCUT2D eigenvalue weighted by atomic mass is 10.2. The summed E-state index contributed by atoms with van der Waals surface area (Å²) in [5, 5.41) is 12.7. The van der Waals surface area contributed by atoms with Crippen LogP contribution >= 0.6 is 11.8 Å². The fourth-order valence-corrected chi connectivity index (χ4v) is 3.82. The molecule has 0 aliphatic heterocycles. The summed E-state index contributed by atoms with van der Waals surface area (Å²) in [6.45, 7) is 1.97. The summed E-state index contributed by atoms with van der Waals surface area (Å²) < 4.78 is 0. The summed E-state index contributed by atoms with van der Waals surface area (Å²) >= 11 is 1.39. The first-order chi connectivity index (χ1) is 11.7. The summed E-state index contributed by atoms with van der Waals surface area (Å²) in [6.07, 6.45) is 3.72. The third-order valence-corrected chi connectivity index (χ3v) is 5.46. The highest BCUT2D eigenvalue weighted by Crippen LogP contribution is 2.31. The number of nitrogens with zero attached hydrogens (tertiary/aromatic N) is 2. The molecule has 1 aliphatic carbocycles. The van der Waals surface area contributed by atoms with Gasteiger partial charge in [-0.2, -0.15) is 5.26 Å². The molecule has 2 aromatic rings. The predicted molar refractivity (Wildman–Crippen MR) is 96.0 cm³/mol. The molecule has 1 N–H and O–H groups in total. The molecule has 1 aliphatic rings. The Balaban J connectivity index is 1.78. The fourth-order valence-electron chi connectivity index (χ4n) is 2.82. The van der Waals surface area contributed by atoms with Gasteiger partial charge in [-0.3, -0.25) is 4.79 Å². The van der Waals surface area contributed by atoms with E-state index in [0.717, 1.165) is 30.6 Å². The molecular weight excluding hydrogens is 318 g/mol. The van der Waals surface area contributed by atoms with Gasteiger partial charge in [0.25, 0.3) is 0 Å². The van der Waals surface area contributed by atoms with E-state index in [1.807, 2.05) is 43.3 Å². The average molecular weight is 337 g/mol. The third kappa shape index (κ3) is 3.60. The van der Waals surface area contributed by atoms with E-state index in [4.69, 9.17) is 0 Å². The summed E-state index contributed by atoms with van der Waals surface area (Å²) in [6, 6.07) is 13.6. The van der Waals surface area contributed by atoms with Crippen molar-refractivity contribution >= 4 is 23.4 Å². The average Bonchev–Trinajstić information content (AvgIpc) is 3.06. The second kappa shape index (κ2) is 7.50. The smallest absolute Gasteiger partial charge is 0.237 e. The largest absolute Gasteiger partial charge is 0.325 e. The Kier molecular flexibility index (Phi) is 5.17. The van der Waals surface area contributed by atoms with Crippen LogP contribution in [0.4, 0.5) is 5.69 Å². The topological polar surface area (TPSA) is 65.8 Å². The molecule has 1 aromatic carbocycles. The number of anilines is 1. The van der Waals surface area contributed by atoms with Crippen molar-refractivity contribution in [3.63, 3.8) is 0 Å². The Morgan fingerprint density at radius 1 is 1.38 bits per heavy atom. The van der Waals surface area contributed by atoms with E-state index < -0.39 is 0 Å². The molecule has 0 spiro atoms. The molecule has 1 atom stereocenters. The zero-order valence-electron chi connectivity index (χ0n) is 13.6. The van der Waals surface area contributed by atoms with Gasteiger partial charge < -0.3 is 5.32 Å². The van der Waals surface area contributed by atoms with Crippen LogP contribution < -0.4 is 5.32 Å². The van der Waals surface area contributed by atoms with Crippen molar-refractivity contribution in [1.82, 2.24) is 4.98 Å². The van der Waals surface area contributed by atoms with Crippen LogP contribution in [0.25, 0.3) is 0 Å². The van der Waals surface area contributed by atoms with Gasteiger partial charge in [-0.1, -0.05) is 36.9 Å².